The van der Waals surface area contributed by atoms with E-state index in [9.17, 15) is 10.2 Å². The highest BCUT2D eigenvalue weighted by atomic mass is 35.5. The normalized spacial score (nSPS) is 12.4. The van der Waals surface area contributed by atoms with Crippen LogP contribution < -0.4 is 0 Å². The molecule has 100 valence electrons. The van der Waals surface area contributed by atoms with Crippen molar-refractivity contribution in [1.82, 2.24) is 0 Å². The standard InChI is InChI=1S/C14H12Cl2O2S/c15-9-3-1-4-10(7-9)19-8-13(18)14-11(16)5-2-6-12(14)17/h1-7,13,17-18H,8H2. The summed E-state index contributed by atoms with van der Waals surface area (Å²) in [5.74, 6) is 0.393. The molecule has 2 aromatic carbocycles. The van der Waals surface area contributed by atoms with Gasteiger partial charge < -0.3 is 10.2 Å². The number of halogens is 2. The molecule has 19 heavy (non-hydrogen) atoms. The van der Waals surface area contributed by atoms with Crippen molar-refractivity contribution in [2.24, 2.45) is 0 Å². The molecule has 0 fully saturated rings. The van der Waals surface area contributed by atoms with Gasteiger partial charge in [0.1, 0.15) is 5.75 Å². The Bertz CT molecular complexity index is 555. The van der Waals surface area contributed by atoms with Crippen molar-refractivity contribution < 1.29 is 10.2 Å². The third kappa shape index (κ3) is 3.80. The molecule has 5 heteroatoms. The van der Waals surface area contributed by atoms with E-state index in [1.807, 2.05) is 18.2 Å². The summed E-state index contributed by atoms with van der Waals surface area (Å²) in [7, 11) is 0. The molecule has 0 bridgehead atoms. The molecule has 1 unspecified atom stereocenters. The SMILES string of the molecule is Oc1cccc(Cl)c1C(O)CSc1cccc(Cl)c1. The summed E-state index contributed by atoms with van der Waals surface area (Å²) in [5, 5.41) is 20.9. The van der Waals surface area contributed by atoms with E-state index < -0.39 is 6.10 Å². The first-order valence-corrected chi connectivity index (χ1v) is 7.36. The van der Waals surface area contributed by atoms with Gasteiger partial charge in [0, 0.05) is 21.2 Å². The first-order valence-electron chi connectivity index (χ1n) is 5.61. The molecule has 2 aromatic rings. The number of phenolic OH excluding ortho intramolecular Hbond substituents is 1. The molecule has 0 aliphatic carbocycles. The highest BCUT2D eigenvalue weighted by molar-refractivity contribution is 7.99. The molecular formula is C14H12Cl2O2S. The summed E-state index contributed by atoms with van der Waals surface area (Å²) in [5.41, 5.74) is 0.360. The average Bonchev–Trinajstić information content (AvgIpc) is 2.36. The first-order chi connectivity index (χ1) is 9.08. The van der Waals surface area contributed by atoms with E-state index in [-0.39, 0.29) is 5.75 Å². The van der Waals surface area contributed by atoms with Gasteiger partial charge in [-0.25, -0.2) is 0 Å². The average molecular weight is 315 g/mol. The number of aromatic hydroxyl groups is 1. The maximum Gasteiger partial charge on any atom is 0.122 e. The highest BCUT2D eigenvalue weighted by Gasteiger charge is 2.16. The summed E-state index contributed by atoms with van der Waals surface area (Å²) in [4.78, 5) is 0.957. The molecule has 0 aliphatic rings. The molecule has 2 rings (SSSR count). The quantitative estimate of drug-likeness (QED) is 0.815. The maximum absolute atomic E-state index is 10.1. The van der Waals surface area contributed by atoms with Crippen LogP contribution in [0.4, 0.5) is 0 Å². The van der Waals surface area contributed by atoms with Crippen molar-refractivity contribution in [3.8, 4) is 5.75 Å². The van der Waals surface area contributed by atoms with Gasteiger partial charge in [-0.05, 0) is 30.3 Å². The van der Waals surface area contributed by atoms with E-state index in [2.05, 4.69) is 0 Å². The highest BCUT2D eigenvalue weighted by Crippen LogP contribution is 2.34. The van der Waals surface area contributed by atoms with Gasteiger partial charge in [-0.1, -0.05) is 35.3 Å². The largest absolute Gasteiger partial charge is 0.508 e. The Morgan fingerprint density at radius 1 is 1.11 bits per heavy atom. The van der Waals surface area contributed by atoms with E-state index in [1.165, 1.54) is 17.8 Å². The molecular weight excluding hydrogens is 303 g/mol. The number of phenols is 1. The third-order valence-electron chi connectivity index (χ3n) is 2.57. The number of benzene rings is 2. The van der Waals surface area contributed by atoms with E-state index in [0.717, 1.165) is 4.90 Å². The molecule has 0 heterocycles. The Morgan fingerprint density at radius 2 is 1.84 bits per heavy atom. The van der Waals surface area contributed by atoms with Gasteiger partial charge in [-0.15, -0.1) is 11.8 Å². The number of thioether (sulfide) groups is 1. The Morgan fingerprint density at radius 3 is 2.53 bits per heavy atom. The van der Waals surface area contributed by atoms with Gasteiger partial charge >= 0.3 is 0 Å². The van der Waals surface area contributed by atoms with Crippen molar-refractivity contribution in [3.63, 3.8) is 0 Å². The monoisotopic (exact) mass is 314 g/mol. The number of hydrogen-bond acceptors (Lipinski definition) is 3. The second-order valence-corrected chi connectivity index (χ2v) is 5.89. The predicted octanol–water partition coefficient (Wildman–Crippen LogP) is 4.52. The predicted molar refractivity (Wildman–Crippen MR) is 80.3 cm³/mol. The summed E-state index contributed by atoms with van der Waals surface area (Å²) >= 11 is 13.3. The molecule has 2 N–H and O–H groups in total. The zero-order valence-corrected chi connectivity index (χ0v) is 12.2. The number of hydrogen-bond donors (Lipinski definition) is 2. The topological polar surface area (TPSA) is 40.5 Å². The van der Waals surface area contributed by atoms with E-state index >= 15 is 0 Å². The van der Waals surface area contributed by atoms with Gasteiger partial charge in [0.15, 0.2) is 0 Å². The van der Waals surface area contributed by atoms with Crippen LogP contribution in [0.1, 0.15) is 11.7 Å². The Kier molecular flexibility index (Phi) is 4.99. The minimum absolute atomic E-state index is 0.00620. The molecule has 0 radical (unpaired) electrons. The summed E-state index contributed by atoms with van der Waals surface area (Å²) < 4.78 is 0. The fourth-order valence-corrected chi connectivity index (χ4v) is 3.12. The van der Waals surface area contributed by atoms with Gasteiger partial charge in [0.05, 0.1) is 11.1 Å². The van der Waals surface area contributed by atoms with Crippen LogP contribution in [0.15, 0.2) is 47.4 Å². The van der Waals surface area contributed by atoms with Crippen molar-refractivity contribution in [3.05, 3.63) is 58.1 Å². The third-order valence-corrected chi connectivity index (χ3v) is 4.20. The Labute approximate surface area is 126 Å². The van der Waals surface area contributed by atoms with Crippen LogP contribution in [-0.2, 0) is 0 Å². The van der Waals surface area contributed by atoms with Crippen molar-refractivity contribution in [1.29, 1.82) is 0 Å². The molecule has 0 aliphatic heterocycles. The Balaban J connectivity index is 2.07. The lowest BCUT2D eigenvalue weighted by atomic mass is 10.1. The first kappa shape index (κ1) is 14.5. The van der Waals surface area contributed by atoms with Gasteiger partial charge in [0.2, 0.25) is 0 Å². The van der Waals surface area contributed by atoms with Gasteiger partial charge in [-0.3, -0.25) is 0 Å². The Hall–Kier alpha value is -0.870. The second kappa shape index (κ2) is 6.53. The van der Waals surface area contributed by atoms with Gasteiger partial charge in [0.25, 0.3) is 0 Å². The summed E-state index contributed by atoms with van der Waals surface area (Å²) in [6.45, 7) is 0. The van der Waals surface area contributed by atoms with Crippen LogP contribution in [0.3, 0.4) is 0 Å². The molecule has 0 saturated carbocycles. The van der Waals surface area contributed by atoms with E-state index in [1.54, 1.807) is 18.2 Å². The fourth-order valence-electron chi connectivity index (χ4n) is 1.67. The molecule has 1 atom stereocenters. The molecule has 0 saturated heterocycles. The lowest BCUT2D eigenvalue weighted by Crippen LogP contribution is -2.01. The minimum atomic E-state index is -0.835. The van der Waals surface area contributed by atoms with Crippen LogP contribution >= 0.6 is 35.0 Å². The fraction of sp³-hybridized carbons (Fsp3) is 0.143. The van der Waals surface area contributed by atoms with E-state index in [0.29, 0.717) is 21.4 Å². The van der Waals surface area contributed by atoms with E-state index in [4.69, 9.17) is 23.2 Å². The summed E-state index contributed by atoms with van der Waals surface area (Å²) in [6.07, 6.45) is -0.835. The molecule has 0 spiro atoms. The van der Waals surface area contributed by atoms with Crippen molar-refractivity contribution >= 4 is 35.0 Å². The van der Waals surface area contributed by atoms with Crippen LogP contribution in [0, 0.1) is 0 Å². The smallest absolute Gasteiger partial charge is 0.122 e. The second-order valence-electron chi connectivity index (χ2n) is 3.96. The maximum atomic E-state index is 10.1. The summed E-state index contributed by atoms with van der Waals surface area (Å²) in [6, 6.07) is 12.2. The number of rotatable bonds is 4. The van der Waals surface area contributed by atoms with Crippen molar-refractivity contribution in [2.75, 3.05) is 5.75 Å². The van der Waals surface area contributed by atoms with Crippen LogP contribution in [0.5, 0.6) is 5.75 Å². The molecule has 2 nitrogen and oxygen atoms in total. The number of aliphatic hydroxyl groups excluding tert-OH is 1. The van der Waals surface area contributed by atoms with Crippen LogP contribution in [0.25, 0.3) is 0 Å². The molecule has 0 amide bonds. The zero-order valence-electron chi connectivity index (χ0n) is 9.88. The number of aliphatic hydroxyl groups is 1. The molecule has 0 aromatic heterocycles. The van der Waals surface area contributed by atoms with Crippen LogP contribution in [0.2, 0.25) is 10.0 Å². The lowest BCUT2D eigenvalue weighted by Gasteiger charge is -2.14. The minimum Gasteiger partial charge on any atom is -0.508 e. The van der Waals surface area contributed by atoms with Gasteiger partial charge in [-0.2, -0.15) is 0 Å². The zero-order chi connectivity index (χ0) is 13.8. The van der Waals surface area contributed by atoms with Crippen LogP contribution in [-0.4, -0.2) is 16.0 Å². The van der Waals surface area contributed by atoms with Crippen molar-refractivity contribution in [2.45, 2.75) is 11.0 Å². The lowest BCUT2D eigenvalue weighted by molar-refractivity contribution is 0.200.